The van der Waals surface area contributed by atoms with E-state index >= 15 is 0 Å². The van der Waals surface area contributed by atoms with Crippen molar-refractivity contribution in [2.24, 2.45) is 17.0 Å². The largest absolute Gasteiger partial charge is 0.481 e. The summed E-state index contributed by atoms with van der Waals surface area (Å²) in [6, 6.07) is 10.4. The molecule has 1 aliphatic heterocycles. The summed E-state index contributed by atoms with van der Waals surface area (Å²) >= 11 is 7.40. The second-order valence-electron chi connectivity index (χ2n) is 6.67. The molecule has 3 aromatic rings. The Morgan fingerprint density at radius 1 is 1.27 bits per heavy atom. The summed E-state index contributed by atoms with van der Waals surface area (Å²) < 4.78 is 1.92. The topological polar surface area (TPSA) is 110 Å². The molecule has 2 aromatic carbocycles. The highest BCUT2D eigenvalue weighted by molar-refractivity contribution is 8.14. The van der Waals surface area contributed by atoms with E-state index in [4.69, 9.17) is 16.7 Å². The first-order valence-corrected chi connectivity index (χ1v) is 10.2. The molecule has 0 saturated heterocycles. The van der Waals surface area contributed by atoms with Crippen molar-refractivity contribution in [3.63, 3.8) is 0 Å². The highest BCUT2D eigenvalue weighted by atomic mass is 35.5. The molecule has 30 heavy (non-hydrogen) atoms. The van der Waals surface area contributed by atoms with Gasteiger partial charge in [-0.05, 0) is 29.3 Å². The van der Waals surface area contributed by atoms with Crippen LogP contribution in [0.3, 0.4) is 0 Å². The van der Waals surface area contributed by atoms with E-state index in [0.29, 0.717) is 27.0 Å². The van der Waals surface area contributed by atoms with E-state index in [1.165, 1.54) is 12.1 Å². The molecule has 8 nitrogen and oxygen atoms in total. The Kier molecular flexibility index (Phi) is 5.31. The van der Waals surface area contributed by atoms with Gasteiger partial charge in [0.15, 0.2) is 5.84 Å². The van der Waals surface area contributed by atoms with Crippen molar-refractivity contribution >= 4 is 56.8 Å². The molecular formula is C20H15ClN4O4S. The molecule has 1 aliphatic rings. The number of non-ortho nitro benzene ring substituents is 1. The van der Waals surface area contributed by atoms with Gasteiger partial charge in [-0.2, -0.15) is 0 Å². The van der Waals surface area contributed by atoms with Gasteiger partial charge in [-0.1, -0.05) is 29.4 Å². The fourth-order valence-electron chi connectivity index (χ4n) is 3.25. The number of thioether (sulfide) groups is 1. The van der Waals surface area contributed by atoms with Crippen LogP contribution in [0.2, 0.25) is 5.02 Å². The van der Waals surface area contributed by atoms with Crippen molar-refractivity contribution in [2.75, 3.05) is 12.3 Å². The second kappa shape index (κ2) is 7.92. The standard InChI is InChI=1S/C20H15ClN4O4S/c1-24-9-16(21)15-7-11(2-3-17(15)24)12-4-13(6-14(5-12)25(28)29)20-22-8-18(23-20)30-10-19(26)27/h2-7,9H,8,10H2,1H3,(H,26,27). The lowest BCUT2D eigenvalue weighted by molar-refractivity contribution is -0.384. The molecule has 1 aromatic heterocycles. The number of rotatable bonds is 5. The van der Waals surface area contributed by atoms with Crippen molar-refractivity contribution in [1.29, 1.82) is 0 Å². The fraction of sp³-hybridized carbons (Fsp3) is 0.150. The zero-order valence-electron chi connectivity index (χ0n) is 15.7. The first kappa shape index (κ1) is 20.1. The minimum absolute atomic E-state index is 0.0775. The first-order chi connectivity index (χ1) is 14.3. The number of carboxylic acid groups (broad SMARTS) is 1. The van der Waals surface area contributed by atoms with Crippen LogP contribution in [0, 0.1) is 10.1 Å². The molecule has 4 rings (SSSR count). The minimum atomic E-state index is -0.941. The molecule has 0 unspecified atom stereocenters. The Labute approximate surface area is 180 Å². The molecule has 10 heteroatoms. The highest BCUT2D eigenvalue weighted by Gasteiger charge is 2.19. The molecule has 2 heterocycles. The summed E-state index contributed by atoms with van der Waals surface area (Å²) in [7, 11) is 1.90. The Morgan fingerprint density at radius 2 is 2.03 bits per heavy atom. The van der Waals surface area contributed by atoms with Gasteiger partial charge < -0.3 is 9.67 Å². The molecular weight excluding hydrogens is 428 g/mol. The minimum Gasteiger partial charge on any atom is -0.481 e. The molecule has 0 amide bonds. The fourth-order valence-corrected chi connectivity index (χ4v) is 4.14. The number of aryl methyl sites for hydroxylation is 1. The Morgan fingerprint density at radius 3 is 2.77 bits per heavy atom. The third-order valence-electron chi connectivity index (χ3n) is 4.62. The predicted molar refractivity (Wildman–Crippen MR) is 119 cm³/mol. The van der Waals surface area contributed by atoms with Gasteiger partial charge in [-0.15, -0.1) is 0 Å². The number of nitrogens with zero attached hydrogens (tertiary/aromatic N) is 4. The summed E-state index contributed by atoms with van der Waals surface area (Å²) in [6.07, 6.45) is 1.81. The summed E-state index contributed by atoms with van der Waals surface area (Å²) in [4.78, 5) is 30.5. The number of amidine groups is 1. The van der Waals surface area contributed by atoms with Gasteiger partial charge in [0.05, 0.1) is 27.3 Å². The number of hydrogen-bond acceptors (Lipinski definition) is 6. The summed E-state index contributed by atoms with van der Waals surface area (Å²) in [5.41, 5.74) is 2.81. The van der Waals surface area contributed by atoms with E-state index in [1.807, 2.05) is 36.0 Å². The zero-order valence-corrected chi connectivity index (χ0v) is 17.3. The maximum atomic E-state index is 11.5. The van der Waals surface area contributed by atoms with E-state index in [9.17, 15) is 14.9 Å². The van der Waals surface area contributed by atoms with Crippen LogP contribution >= 0.6 is 23.4 Å². The predicted octanol–water partition coefficient (Wildman–Crippen LogP) is 4.38. The number of nitro benzene ring substituents is 1. The van der Waals surface area contributed by atoms with Crippen LogP contribution in [-0.2, 0) is 11.8 Å². The molecule has 152 valence electrons. The van der Waals surface area contributed by atoms with E-state index in [2.05, 4.69) is 9.98 Å². The lowest BCUT2D eigenvalue weighted by Gasteiger charge is -2.07. The number of aliphatic carboxylic acids is 1. The lowest BCUT2D eigenvalue weighted by Crippen LogP contribution is -2.03. The van der Waals surface area contributed by atoms with Crippen molar-refractivity contribution in [1.82, 2.24) is 4.57 Å². The monoisotopic (exact) mass is 442 g/mol. The number of carboxylic acids is 1. The number of benzene rings is 2. The van der Waals surface area contributed by atoms with Gasteiger partial charge in [-0.25, -0.2) is 4.99 Å². The Bertz CT molecular complexity index is 1270. The number of aliphatic imine (C=N–C) groups is 2. The van der Waals surface area contributed by atoms with E-state index < -0.39 is 10.9 Å². The van der Waals surface area contributed by atoms with Crippen LogP contribution in [0.1, 0.15) is 5.56 Å². The summed E-state index contributed by atoms with van der Waals surface area (Å²) in [6.45, 7) is 0.261. The average Bonchev–Trinajstić information content (AvgIpc) is 3.30. The molecule has 0 bridgehead atoms. The molecule has 1 N–H and O–H groups in total. The number of hydrogen-bond donors (Lipinski definition) is 1. The Hall–Kier alpha value is -3.17. The van der Waals surface area contributed by atoms with Gasteiger partial charge in [0.2, 0.25) is 0 Å². The van der Waals surface area contributed by atoms with Crippen LogP contribution < -0.4 is 0 Å². The van der Waals surface area contributed by atoms with Crippen molar-refractivity contribution in [2.45, 2.75) is 0 Å². The first-order valence-electron chi connectivity index (χ1n) is 8.83. The number of halogens is 1. The molecule has 0 saturated carbocycles. The smallest absolute Gasteiger partial charge is 0.313 e. The third-order valence-corrected chi connectivity index (χ3v) is 5.86. The SMILES string of the molecule is Cn1cc(Cl)c2cc(-c3cc(C4=NCC(SCC(=O)O)=N4)cc([N+](=O)[O-])c3)ccc21. The van der Waals surface area contributed by atoms with Crippen molar-refractivity contribution < 1.29 is 14.8 Å². The molecule has 0 aliphatic carbocycles. The summed E-state index contributed by atoms with van der Waals surface area (Å²) in [5.74, 6) is -0.699. The molecule has 0 spiro atoms. The van der Waals surface area contributed by atoms with Crippen molar-refractivity contribution in [3.8, 4) is 11.1 Å². The maximum Gasteiger partial charge on any atom is 0.313 e. The summed E-state index contributed by atoms with van der Waals surface area (Å²) in [5, 5.41) is 22.3. The lowest BCUT2D eigenvalue weighted by atomic mass is 10.0. The van der Waals surface area contributed by atoms with E-state index in [1.54, 1.807) is 6.07 Å². The highest BCUT2D eigenvalue weighted by Crippen LogP contribution is 2.33. The quantitative estimate of drug-likeness (QED) is 0.465. The van der Waals surface area contributed by atoms with Gasteiger partial charge in [0.1, 0.15) is 0 Å². The zero-order chi connectivity index (χ0) is 21.4. The van der Waals surface area contributed by atoms with Gasteiger partial charge in [-0.3, -0.25) is 19.9 Å². The van der Waals surface area contributed by atoms with Crippen LogP contribution in [0.25, 0.3) is 22.0 Å². The number of fused-ring (bicyclic) bond motifs is 1. The van der Waals surface area contributed by atoms with Crippen LogP contribution in [0.5, 0.6) is 0 Å². The Balaban J connectivity index is 1.75. The molecule has 0 radical (unpaired) electrons. The molecule has 0 fully saturated rings. The number of carbonyl (C=O) groups is 1. The van der Waals surface area contributed by atoms with E-state index in [-0.39, 0.29) is 18.0 Å². The van der Waals surface area contributed by atoms with Crippen molar-refractivity contribution in [3.05, 3.63) is 63.3 Å². The van der Waals surface area contributed by atoms with Gasteiger partial charge in [0.25, 0.3) is 5.69 Å². The third kappa shape index (κ3) is 3.94. The van der Waals surface area contributed by atoms with E-state index in [0.717, 1.165) is 28.2 Å². The van der Waals surface area contributed by atoms with Crippen LogP contribution in [-0.4, -0.2) is 43.7 Å². The van der Waals surface area contributed by atoms with Crippen LogP contribution in [0.4, 0.5) is 5.69 Å². The van der Waals surface area contributed by atoms with Crippen LogP contribution in [0.15, 0.2) is 52.6 Å². The number of aromatic nitrogens is 1. The molecule has 0 atom stereocenters. The number of nitro groups is 1. The normalized spacial score (nSPS) is 13.4. The maximum absolute atomic E-state index is 11.5. The van der Waals surface area contributed by atoms with Gasteiger partial charge in [0, 0.05) is 41.8 Å². The van der Waals surface area contributed by atoms with Gasteiger partial charge >= 0.3 is 5.97 Å². The second-order valence-corrected chi connectivity index (χ2v) is 8.13. The average molecular weight is 443 g/mol.